The number of rotatable bonds is 6. The van der Waals surface area contributed by atoms with Crippen molar-refractivity contribution in [3.8, 4) is 39.9 Å². The molecule has 3 aromatic rings. The zero-order valence-corrected chi connectivity index (χ0v) is 16.0. The van der Waals surface area contributed by atoms with Gasteiger partial charge in [0.05, 0.1) is 11.7 Å². The number of hydrogen-bond donors (Lipinski definition) is 8. The van der Waals surface area contributed by atoms with Crippen molar-refractivity contribution >= 4 is 5.97 Å². The van der Waals surface area contributed by atoms with Crippen LogP contribution in [0.15, 0.2) is 48.5 Å². The standard InChI is InChI=1S/C22H20O9/c23-13-4-1-10(2-5-13)19(27)17(26)9-12-7-14(22(30)31)18(21(29)20(12)28)11-3-6-15(24)16(25)8-11/h1-8,17,19,23-29H,9H2,(H,30,31)/t17-,19+/m0/s1. The molecule has 0 spiro atoms. The van der Waals surface area contributed by atoms with Crippen LogP contribution in [0.2, 0.25) is 0 Å². The summed E-state index contributed by atoms with van der Waals surface area (Å²) in [5.41, 5.74) is -0.549. The molecular formula is C22H20O9. The lowest BCUT2D eigenvalue weighted by atomic mass is 9.91. The van der Waals surface area contributed by atoms with Crippen molar-refractivity contribution in [1.82, 2.24) is 0 Å². The van der Waals surface area contributed by atoms with Crippen LogP contribution in [0.5, 0.6) is 28.7 Å². The van der Waals surface area contributed by atoms with Gasteiger partial charge in [0.15, 0.2) is 23.0 Å². The van der Waals surface area contributed by atoms with Crippen LogP contribution < -0.4 is 0 Å². The van der Waals surface area contributed by atoms with E-state index in [0.29, 0.717) is 0 Å². The Morgan fingerprint density at radius 3 is 2.03 bits per heavy atom. The van der Waals surface area contributed by atoms with Crippen molar-refractivity contribution in [2.45, 2.75) is 18.6 Å². The van der Waals surface area contributed by atoms with Crippen molar-refractivity contribution in [3.63, 3.8) is 0 Å². The van der Waals surface area contributed by atoms with E-state index in [1.807, 2.05) is 0 Å². The normalized spacial score (nSPS) is 13.0. The Kier molecular flexibility index (Phi) is 5.91. The first kappa shape index (κ1) is 21.8. The van der Waals surface area contributed by atoms with Crippen LogP contribution in [0, 0.1) is 0 Å². The lowest BCUT2D eigenvalue weighted by molar-refractivity contribution is 0.0186. The second-order valence-corrected chi connectivity index (χ2v) is 6.97. The predicted octanol–water partition coefficient (Wildman–Crippen LogP) is 2.22. The molecule has 9 heteroatoms. The largest absolute Gasteiger partial charge is 0.508 e. The molecule has 3 rings (SSSR count). The highest BCUT2D eigenvalue weighted by atomic mass is 16.4. The fourth-order valence-corrected chi connectivity index (χ4v) is 3.24. The molecule has 0 saturated heterocycles. The molecule has 0 aliphatic rings. The average Bonchev–Trinajstić information content (AvgIpc) is 2.73. The smallest absolute Gasteiger partial charge is 0.336 e. The van der Waals surface area contributed by atoms with Gasteiger partial charge in [-0.25, -0.2) is 4.79 Å². The zero-order valence-electron chi connectivity index (χ0n) is 16.0. The molecule has 31 heavy (non-hydrogen) atoms. The molecule has 0 bridgehead atoms. The summed E-state index contributed by atoms with van der Waals surface area (Å²) >= 11 is 0. The van der Waals surface area contributed by atoms with Gasteiger partial charge in [-0.15, -0.1) is 0 Å². The molecule has 0 aromatic heterocycles. The molecule has 8 N–H and O–H groups in total. The summed E-state index contributed by atoms with van der Waals surface area (Å²) in [6.45, 7) is 0. The SMILES string of the molecule is O=C(O)c1cc(C[C@H](O)[C@H](O)c2ccc(O)cc2)c(O)c(O)c1-c1ccc(O)c(O)c1. The zero-order chi connectivity index (χ0) is 22.9. The topological polar surface area (TPSA) is 179 Å². The highest BCUT2D eigenvalue weighted by Crippen LogP contribution is 2.44. The van der Waals surface area contributed by atoms with E-state index in [0.717, 1.165) is 18.2 Å². The van der Waals surface area contributed by atoms with E-state index < -0.39 is 53.2 Å². The van der Waals surface area contributed by atoms with Crippen LogP contribution in [-0.4, -0.2) is 52.9 Å². The van der Waals surface area contributed by atoms with E-state index >= 15 is 0 Å². The van der Waals surface area contributed by atoms with Crippen molar-refractivity contribution in [2.75, 3.05) is 0 Å². The summed E-state index contributed by atoms with van der Waals surface area (Å²) in [6.07, 6.45) is -3.28. The first-order valence-corrected chi connectivity index (χ1v) is 9.08. The van der Waals surface area contributed by atoms with Gasteiger partial charge < -0.3 is 40.9 Å². The highest BCUT2D eigenvalue weighted by Gasteiger charge is 2.26. The Bertz CT molecular complexity index is 1120. The van der Waals surface area contributed by atoms with Crippen LogP contribution in [0.3, 0.4) is 0 Å². The number of benzene rings is 3. The van der Waals surface area contributed by atoms with Gasteiger partial charge >= 0.3 is 5.97 Å². The number of aliphatic hydroxyl groups excluding tert-OH is 2. The molecule has 3 aromatic carbocycles. The minimum Gasteiger partial charge on any atom is -0.508 e. The Morgan fingerprint density at radius 2 is 1.45 bits per heavy atom. The van der Waals surface area contributed by atoms with E-state index in [2.05, 4.69) is 0 Å². The van der Waals surface area contributed by atoms with Gasteiger partial charge in [0.25, 0.3) is 0 Å². The molecule has 2 atom stereocenters. The van der Waals surface area contributed by atoms with E-state index in [9.17, 15) is 45.6 Å². The number of aromatic carboxylic acids is 1. The van der Waals surface area contributed by atoms with E-state index in [-0.39, 0.29) is 28.0 Å². The number of aliphatic hydroxyl groups is 2. The number of phenols is 5. The van der Waals surface area contributed by atoms with Crippen LogP contribution in [0.1, 0.15) is 27.6 Å². The molecule has 0 fully saturated rings. The maximum Gasteiger partial charge on any atom is 0.336 e. The van der Waals surface area contributed by atoms with Crippen LogP contribution >= 0.6 is 0 Å². The summed E-state index contributed by atoms with van der Waals surface area (Å²) in [6, 6.07) is 9.84. The lowest BCUT2D eigenvalue weighted by Crippen LogP contribution is -2.21. The maximum atomic E-state index is 11.8. The molecular weight excluding hydrogens is 408 g/mol. The third-order valence-corrected chi connectivity index (χ3v) is 4.88. The number of aromatic hydroxyl groups is 5. The fraction of sp³-hybridized carbons (Fsp3) is 0.136. The van der Waals surface area contributed by atoms with Gasteiger partial charge in [-0.2, -0.15) is 0 Å². The molecule has 0 unspecified atom stereocenters. The Hall–Kier alpha value is -3.95. The molecule has 0 heterocycles. The number of carboxylic acid groups (broad SMARTS) is 1. The molecule has 162 valence electrons. The summed E-state index contributed by atoms with van der Waals surface area (Å²) in [4.78, 5) is 11.8. The van der Waals surface area contributed by atoms with Gasteiger partial charge in [0, 0.05) is 17.5 Å². The Morgan fingerprint density at radius 1 is 0.806 bits per heavy atom. The van der Waals surface area contributed by atoms with Gasteiger partial charge in [0.2, 0.25) is 0 Å². The Labute approximate surface area is 176 Å². The molecule has 9 nitrogen and oxygen atoms in total. The van der Waals surface area contributed by atoms with Gasteiger partial charge in [-0.1, -0.05) is 18.2 Å². The van der Waals surface area contributed by atoms with E-state index in [1.54, 1.807) is 0 Å². The third kappa shape index (κ3) is 4.32. The quantitative estimate of drug-likeness (QED) is 0.273. The van der Waals surface area contributed by atoms with Crippen LogP contribution in [0.25, 0.3) is 11.1 Å². The number of carbonyl (C=O) groups is 1. The van der Waals surface area contributed by atoms with Crippen molar-refractivity contribution in [3.05, 3.63) is 65.2 Å². The molecule has 0 saturated carbocycles. The first-order chi connectivity index (χ1) is 14.6. The summed E-state index contributed by atoms with van der Waals surface area (Å²) < 4.78 is 0. The fourth-order valence-electron chi connectivity index (χ4n) is 3.24. The summed E-state index contributed by atoms with van der Waals surface area (Å²) in [5.74, 6) is -3.99. The number of hydrogen-bond acceptors (Lipinski definition) is 8. The molecule has 0 amide bonds. The average molecular weight is 428 g/mol. The number of phenolic OH excluding ortho intramolecular Hbond substituents is 5. The highest BCUT2D eigenvalue weighted by molar-refractivity contribution is 5.99. The van der Waals surface area contributed by atoms with Gasteiger partial charge in [-0.05, 0) is 41.5 Å². The number of carboxylic acids is 1. The van der Waals surface area contributed by atoms with Gasteiger partial charge in [-0.3, -0.25) is 0 Å². The van der Waals surface area contributed by atoms with Crippen molar-refractivity contribution in [1.29, 1.82) is 0 Å². The second kappa shape index (κ2) is 8.42. The monoisotopic (exact) mass is 428 g/mol. The maximum absolute atomic E-state index is 11.8. The van der Waals surface area contributed by atoms with Gasteiger partial charge in [0.1, 0.15) is 11.9 Å². The van der Waals surface area contributed by atoms with Crippen LogP contribution in [-0.2, 0) is 6.42 Å². The first-order valence-electron chi connectivity index (χ1n) is 9.08. The van der Waals surface area contributed by atoms with E-state index in [4.69, 9.17) is 0 Å². The summed E-state index contributed by atoms with van der Waals surface area (Å²) in [7, 11) is 0. The minimum atomic E-state index is -1.47. The second-order valence-electron chi connectivity index (χ2n) is 6.97. The Balaban J connectivity index is 2.01. The molecule has 0 aliphatic heterocycles. The van der Waals surface area contributed by atoms with Crippen LogP contribution in [0.4, 0.5) is 0 Å². The molecule has 0 aliphatic carbocycles. The minimum absolute atomic E-state index is 0.0247. The third-order valence-electron chi connectivity index (χ3n) is 4.88. The predicted molar refractivity (Wildman–Crippen MR) is 108 cm³/mol. The lowest BCUT2D eigenvalue weighted by Gasteiger charge is -2.20. The summed E-state index contributed by atoms with van der Waals surface area (Å²) in [5, 5.41) is 79.7. The molecule has 0 radical (unpaired) electrons. The van der Waals surface area contributed by atoms with Crippen molar-refractivity contribution < 1.29 is 45.6 Å². The van der Waals surface area contributed by atoms with Crippen molar-refractivity contribution in [2.24, 2.45) is 0 Å². The van der Waals surface area contributed by atoms with E-state index in [1.165, 1.54) is 30.3 Å².